The molecule has 4 N–H and O–H groups in total. The van der Waals surface area contributed by atoms with Gasteiger partial charge in [0.05, 0.1) is 17.0 Å². The highest BCUT2D eigenvalue weighted by Gasteiger charge is 2.38. The van der Waals surface area contributed by atoms with Gasteiger partial charge in [0.25, 0.3) is 5.91 Å². The van der Waals surface area contributed by atoms with Crippen molar-refractivity contribution >= 4 is 46.1 Å². The van der Waals surface area contributed by atoms with E-state index in [-0.39, 0.29) is 5.91 Å². The molecule has 1 aliphatic heterocycles. The first-order valence-electron chi connectivity index (χ1n) is 10.9. The van der Waals surface area contributed by atoms with Crippen LogP contribution < -0.4 is 16.0 Å². The number of nitrogens with one attached hydrogen (secondary N) is 3. The molecule has 4 rings (SSSR count). The van der Waals surface area contributed by atoms with Crippen LogP contribution in [0.3, 0.4) is 0 Å². The molecule has 0 saturated heterocycles. The SMILES string of the molecule is CCNCc1ccc(N/C(=C2\C(=O)Nc3cc(Cl)ccc32)c2ccccc2)cc1.O=C(O)C(F)(F)F. The third-order valence-corrected chi connectivity index (χ3v) is 5.32. The fourth-order valence-electron chi connectivity index (χ4n) is 3.40. The maximum atomic E-state index is 12.9. The zero-order valence-electron chi connectivity index (χ0n) is 19.1. The summed E-state index contributed by atoms with van der Waals surface area (Å²) in [6.45, 7) is 3.86. The molecule has 36 heavy (non-hydrogen) atoms. The van der Waals surface area contributed by atoms with Crippen molar-refractivity contribution in [2.75, 3.05) is 17.2 Å². The second kappa shape index (κ2) is 11.7. The molecule has 3 aromatic rings. The van der Waals surface area contributed by atoms with Crippen molar-refractivity contribution in [1.29, 1.82) is 0 Å². The number of benzene rings is 3. The molecule has 10 heteroatoms. The third kappa shape index (κ3) is 6.87. The molecule has 0 radical (unpaired) electrons. The van der Waals surface area contributed by atoms with Gasteiger partial charge in [-0.25, -0.2) is 4.79 Å². The standard InChI is InChI=1S/C24H22ClN3O.C2HF3O2/c1-2-26-15-16-8-11-19(12-9-16)27-23(17-6-4-3-5-7-17)22-20-13-10-18(25)14-21(20)28-24(22)29;3-2(4,5)1(6)7/h3-14,26-27H,2,15H2,1H3,(H,28,29);(H,6,7)/b23-22-;. The van der Waals surface area contributed by atoms with Crippen LogP contribution in [0.25, 0.3) is 11.3 Å². The number of amides is 1. The summed E-state index contributed by atoms with van der Waals surface area (Å²) >= 11 is 6.11. The molecule has 1 heterocycles. The van der Waals surface area contributed by atoms with Gasteiger partial charge < -0.3 is 21.1 Å². The van der Waals surface area contributed by atoms with Crippen molar-refractivity contribution < 1.29 is 27.9 Å². The molecule has 0 fully saturated rings. The van der Waals surface area contributed by atoms with Gasteiger partial charge in [-0.2, -0.15) is 13.2 Å². The predicted octanol–water partition coefficient (Wildman–Crippen LogP) is 6.02. The normalized spacial score (nSPS) is 13.8. The first-order valence-corrected chi connectivity index (χ1v) is 11.3. The van der Waals surface area contributed by atoms with Crippen LogP contribution in [0.4, 0.5) is 24.5 Å². The third-order valence-electron chi connectivity index (χ3n) is 5.08. The number of halogens is 4. The van der Waals surface area contributed by atoms with Crippen LogP contribution >= 0.6 is 11.6 Å². The maximum Gasteiger partial charge on any atom is 0.490 e. The van der Waals surface area contributed by atoms with E-state index in [0.717, 1.165) is 41.3 Å². The molecule has 0 atom stereocenters. The Morgan fingerprint density at radius 2 is 1.67 bits per heavy atom. The van der Waals surface area contributed by atoms with E-state index in [1.807, 2.05) is 48.5 Å². The van der Waals surface area contributed by atoms with E-state index in [2.05, 4.69) is 35.0 Å². The molecule has 0 spiro atoms. The Hall–Kier alpha value is -3.82. The lowest BCUT2D eigenvalue weighted by Crippen LogP contribution is -2.21. The number of carbonyl (C=O) groups is 2. The molecule has 0 unspecified atom stereocenters. The topological polar surface area (TPSA) is 90.5 Å². The van der Waals surface area contributed by atoms with E-state index in [4.69, 9.17) is 21.5 Å². The van der Waals surface area contributed by atoms with Crippen molar-refractivity contribution in [3.63, 3.8) is 0 Å². The zero-order chi connectivity index (χ0) is 26.3. The maximum absolute atomic E-state index is 12.9. The van der Waals surface area contributed by atoms with Crippen LogP contribution in [-0.2, 0) is 16.1 Å². The first-order chi connectivity index (χ1) is 17.1. The van der Waals surface area contributed by atoms with E-state index >= 15 is 0 Å². The van der Waals surface area contributed by atoms with Gasteiger partial charge in [-0.1, -0.05) is 67.1 Å². The van der Waals surface area contributed by atoms with E-state index in [9.17, 15) is 18.0 Å². The van der Waals surface area contributed by atoms with Crippen LogP contribution in [0.1, 0.15) is 23.6 Å². The van der Waals surface area contributed by atoms with Gasteiger partial charge in [-0.3, -0.25) is 4.79 Å². The van der Waals surface area contributed by atoms with Gasteiger partial charge >= 0.3 is 12.1 Å². The molecule has 1 amide bonds. The van der Waals surface area contributed by atoms with Crippen molar-refractivity contribution in [3.8, 4) is 0 Å². The van der Waals surface area contributed by atoms with Crippen LogP contribution in [-0.4, -0.2) is 29.7 Å². The minimum Gasteiger partial charge on any atom is -0.475 e. The lowest BCUT2D eigenvalue weighted by atomic mass is 10.00. The quantitative estimate of drug-likeness (QED) is 0.300. The van der Waals surface area contributed by atoms with Crippen molar-refractivity contribution in [1.82, 2.24) is 5.32 Å². The second-order valence-corrected chi connectivity index (χ2v) is 8.10. The Kier molecular flexibility index (Phi) is 8.73. The first kappa shape index (κ1) is 26.8. The zero-order valence-corrected chi connectivity index (χ0v) is 19.9. The van der Waals surface area contributed by atoms with Gasteiger partial charge in [0.1, 0.15) is 0 Å². The molecular formula is C26H23ClF3N3O3. The highest BCUT2D eigenvalue weighted by molar-refractivity contribution is 6.38. The number of carboxylic acids is 1. The second-order valence-electron chi connectivity index (χ2n) is 7.67. The van der Waals surface area contributed by atoms with Crippen molar-refractivity contribution in [3.05, 3.63) is 94.5 Å². The summed E-state index contributed by atoms with van der Waals surface area (Å²) in [6.07, 6.45) is -5.08. The summed E-state index contributed by atoms with van der Waals surface area (Å²) in [4.78, 5) is 21.8. The number of fused-ring (bicyclic) bond motifs is 1. The van der Waals surface area contributed by atoms with Crippen LogP contribution in [0.2, 0.25) is 5.02 Å². The van der Waals surface area contributed by atoms with E-state index in [1.165, 1.54) is 5.56 Å². The highest BCUT2D eigenvalue weighted by Crippen LogP contribution is 2.38. The number of aliphatic carboxylic acids is 1. The van der Waals surface area contributed by atoms with Gasteiger partial charge in [0.2, 0.25) is 0 Å². The number of anilines is 2. The van der Waals surface area contributed by atoms with Crippen LogP contribution in [0.15, 0.2) is 72.8 Å². The average Bonchev–Trinajstić information content (AvgIpc) is 3.16. The summed E-state index contributed by atoms with van der Waals surface area (Å²) in [6, 6.07) is 23.6. The molecular weight excluding hydrogens is 495 g/mol. The van der Waals surface area contributed by atoms with Gasteiger partial charge in [0.15, 0.2) is 0 Å². The molecule has 0 aromatic heterocycles. The lowest BCUT2D eigenvalue weighted by molar-refractivity contribution is -0.192. The lowest BCUT2D eigenvalue weighted by Gasteiger charge is -2.15. The van der Waals surface area contributed by atoms with Crippen LogP contribution in [0.5, 0.6) is 0 Å². The summed E-state index contributed by atoms with van der Waals surface area (Å²) in [5.41, 5.74) is 6.03. The average molecular weight is 518 g/mol. The number of carbonyl (C=O) groups excluding carboxylic acids is 1. The monoisotopic (exact) mass is 517 g/mol. The van der Waals surface area contributed by atoms with Gasteiger partial charge in [0, 0.05) is 22.8 Å². The molecule has 188 valence electrons. The Balaban J connectivity index is 0.000000454. The Morgan fingerprint density at radius 3 is 2.25 bits per heavy atom. The number of hydrogen-bond donors (Lipinski definition) is 4. The predicted molar refractivity (Wildman–Crippen MR) is 134 cm³/mol. The number of hydrogen-bond acceptors (Lipinski definition) is 4. The molecule has 3 aromatic carbocycles. The summed E-state index contributed by atoms with van der Waals surface area (Å²) in [5, 5.41) is 17.4. The largest absolute Gasteiger partial charge is 0.490 e. The van der Waals surface area contributed by atoms with Crippen molar-refractivity contribution in [2.45, 2.75) is 19.6 Å². The van der Waals surface area contributed by atoms with Gasteiger partial charge in [-0.15, -0.1) is 0 Å². The molecule has 0 aliphatic carbocycles. The molecule has 0 saturated carbocycles. The number of rotatable bonds is 6. The van der Waals surface area contributed by atoms with Crippen molar-refractivity contribution in [2.24, 2.45) is 0 Å². The summed E-state index contributed by atoms with van der Waals surface area (Å²) in [5.74, 6) is -2.90. The van der Waals surface area contributed by atoms with E-state index < -0.39 is 12.1 Å². The Morgan fingerprint density at radius 1 is 1.03 bits per heavy atom. The minimum atomic E-state index is -5.08. The highest BCUT2D eigenvalue weighted by atomic mass is 35.5. The molecule has 0 bridgehead atoms. The van der Waals surface area contributed by atoms with Gasteiger partial charge in [-0.05, 0) is 41.9 Å². The Labute approximate surface area is 210 Å². The summed E-state index contributed by atoms with van der Waals surface area (Å²) in [7, 11) is 0. The summed E-state index contributed by atoms with van der Waals surface area (Å²) < 4.78 is 31.7. The van der Waals surface area contributed by atoms with Crippen LogP contribution in [0, 0.1) is 0 Å². The molecule has 1 aliphatic rings. The fraction of sp³-hybridized carbons (Fsp3) is 0.154. The smallest absolute Gasteiger partial charge is 0.475 e. The minimum absolute atomic E-state index is 0.141. The van der Waals surface area contributed by atoms with E-state index in [0.29, 0.717) is 10.6 Å². The fourth-order valence-corrected chi connectivity index (χ4v) is 3.57. The Bertz CT molecular complexity index is 1260. The number of alkyl halides is 3. The molecule has 6 nitrogen and oxygen atoms in total. The number of carboxylic acid groups (broad SMARTS) is 1. The van der Waals surface area contributed by atoms with E-state index in [1.54, 1.807) is 12.1 Å².